The van der Waals surface area contributed by atoms with Crippen molar-refractivity contribution in [2.24, 2.45) is 5.92 Å². The fourth-order valence-corrected chi connectivity index (χ4v) is 3.81. The molecule has 0 amide bonds. The first-order valence-electron chi connectivity index (χ1n) is 9.06. The van der Waals surface area contributed by atoms with Crippen LogP contribution in [0.4, 0.5) is 0 Å². The first kappa shape index (κ1) is 16.7. The van der Waals surface area contributed by atoms with E-state index in [4.69, 9.17) is 10.1 Å². The number of hydrogen-bond acceptors (Lipinski definition) is 3. The van der Waals surface area contributed by atoms with Crippen LogP contribution in [0.1, 0.15) is 28.0 Å². The molecule has 0 aliphatic carbocycles. The van der Waals surface area contributed by atoms with Crippen molar-refractivity contribution in [1.29, 1.82) is 0 Å². The van der Waals surface area contributed by atoms with Crippen LogP contribution < -0.4 is 0 Å². The molecule has 1 saturated heterocycles. The van der Waals surface area contributed by atoms with E-state index in [0.29, 0.717) is 11.5 Å². The standard InChI is InChI=1S/C22H22N2O2/c25-22(26)19-6-3-4-16(13-19)12-17-10-11-24(14-17)15-20-9-8-18-5-1-2-7-21(18)23-20/h1-9,13,17H,10-12,14-15H2,(H,25,26)/t17-/m1/s1. The Balaban J connectivity index is 1.38. The van der Waals surface area contributed by atoms with E-state index in [0.717, 1.165) is 49.2 Å². The van der Waals surface area contributed by atoms with Gasteiger partial charge in [0, 0.05) is 18.5 Å². The number of nitrogens with zero attached hydrogens (tertiary/aromatic N) is 2. The molecule has 0 bridgehead atoms. The second-order valence-electron chi connectivity index (χ2n) is 7.09. The predicted octanol–water partition coefficient (Wildman–Crippen LogP) is 4.00. The number of carboxylic acids is 1. The van der Waals surface area contributed by atoms with Crippen LogP contribution in [0.2, 0.25) is 0 Å². The van der Waals surface area contributed by atoms with Crippen molar-refractivity contribution in [2.45, 2.75) is 19.4 Å². The van der Waals surface area contributed by atoms with E-state index in [9.17, 15) is 4.79 Å². The Morgan fingerprint density at radius 3 is 2.88 bits per heavy atom. The molecule has 0 saturated carbocycles. The number of likely N-dealkylation sites (tertiary alicyclic amines) is 1. The van der Waals surface area contributed by atoms with Crippen LogP contribution in [-0.2, 0) is 13.0 Å². The molecule has 1 aliphatic heterocycles. The molecule has 1 fully saturated rings. The summed E-state index contributed by atoms with van der Waals surface area (Å²) >= 11 is 0. The van der Waals surface area contributed by atoms with Gasteiger partial charge in [0.05, 0.1) is 16.8 Å². The average Bonchev–Trinajstić information content (AvgIpc) is 3.08. The second-order valence-corrected chi connectivity index (χ2v) is 7.09. The van der Waals surface area contributed by atoms with Gasteiger partial charge in [0.25, 0.3) is 0 Å². The molecule has 132 valence electrons. The number of benzene rings is 2. The highest BCUT2D eigenvalue weighted by Gasteiger charge is 2.23. The molecule has 1 N–H and O–H groups in total. The van der Waals surface area contributed by atoms with Crippen LogP contribution in [-0.4, -0.2) is 34.0 Å². The Labute approximate surface area is 153 Å². The lowest BCUT2D eigenvalue weighted by molar-refractivity contribution is 0.0696. The fraction of sp³-hybridized carbons (Fsp3) is 0.273. The zero-order valence-corrected chi connectivity index (χ0v) is 14.6. The van der Waals surface area contributed by atoms with Crippen LogP contribution in [0, 0.1) is 5.92 Å². The topological polar surface area (TPSA) is 53.4 Å². The summed E-state index contributed by atoms with van der Waals surface area (Å²) in [7, 11) is 0. The van der Waals surface area contributed by atoms with Gasteiger partial charge in [-0.15, -0.1) is 0 Å². The minimum atomic E-state index is -0.859. The Hall–Kier alpha value is -2.72. The van der Waals surface area contributed by atoms with Crippen LogP contribution >= 0.6 is 0 Å². The van der Waals surface area contributed by atoms with E-state index >= 15 is 0 Å². The van der Waals surface area contributed by atoms with Crippen LogP contribution in [0.5, 0.6) is 0 Å². The van der Waals surface area contributed by atoms with Gasteiger partial charge >= 0.3 is 5.97 Å². The van der Waals surface area contributed by atoms with Crippen LogP contribution in [0.15, 0.2) is 60.7 Å². The largest absolute Gasteiger partial charge is 0.478 e. The van der Waals surface area contributed by atoms with Gasteiger partial charge in [-0.1, -0.05) is 36.4 Å². The lowest BCUT2D eigenvalue weighted by Gasteiger charge is -2.16. The van der Waals surface area contributed by atoms with E-state index in [1.165, 1.54) is 5.39 Å². The van der Waals surface area contributed by atoms with E-state index in [1.54, 1.807) is 12.1 Å². The van der Waals surface area contributed by atoms with Crippen molar-refractivity contribution in [1.82, 2.24) is 9.88 Å². The maximum absolute atomic E-state index is 11.1. The van der Waals surface area contributed by atoms with E-state index in [2.05, 4.69) is 29.2 Å². The summed E-state index contributed by atoms with van der Waals surface area (Å²) in [6.07, 6.45) is 2.08. The summed E-state index contributed by atoms with van der Waals surface area (Å²) in [5.74, 6) is -0.290. The third kappa shape index (κ3) is 3.75. The third-order valence-electron chi connectivity index (χ3n) is 5.11. The molecule has 26 heavy (non-hydrogen) atoms. The number of carbonyl (C=O) groups is 1. The Kier molecular flexibility index (Phi) is 4.67. The van der Waals surface area contributed by atoms with Gasteiger partial charge in [0.15, 0.2) is 0 Å². The summed E-state index contributed by atoms with van der Waals surface area (Å²) in [6.45, 7) is 2.97. The summed E-state index contributed by atoms with van der Waals surface area (Å²) in [5.41, 5.74) is 3.64. The lowest BCUT2D eigenvalue weighted by atomic mass is 9.97. The van der Waals surface area contributed by atoms with E-state index in [1.807, 2.05) is 24.3 Å². The molecule has 3 aromatic rings. The van der Waals surface area contributed by atoms with Crippen molar-refractivity contribution < 1.29 is 9.90 Å². The SMILES string of the molecule is O=C(O)c1cccc(C[C@H]2CCN(Cc3ccc4ccccc4n3)C2)c1. The van der Waals surface area contributed by atoms with Crippen molar-refractivity contribution in [2.75, 3.05) is 13.1 Å². The molecule has 1 atom stereocenters. The van der Waals surface area contributed by atoms with Crippen molar-refractivity contribution in [3.05, 3.63) is 77.5 Å². The maximum Gasteiger partial charge on any atom is 0.335 e. The van der Waals surface area contributed by atoms with Crippen molar-refractivity contribution in [3.8, 4) is 0 Å². The predicted molar refractivity (Wildman–Crippen MR) is 102 cm³/mol. The van der Waals surface area contributed by atoms with Gasteiger partial charge in [-0.05, 0) is 55.1 Å². The highest BCUT2D eigenvalue weighted by Crippen LogP contribution is 2.23. The molecule has 4 rings (SSSR count). The fourth-order valence-electron chi connectivity index (χ4n) is 3.81. The van der Waals surface area contributed by atoms with Crippen molar-refractivity contribution in [3.63, 3.8) is 0 Å². The minimum Gasteiger partial charge on any atom is -0.478 e. The van der Waals surface area contributed by atoms with Crippen molar-refractivity contribution >= 4 is 16.9 Å². The van der Waals surface area contributed by atoms with Gasteiger partial charge in [-0.2, -0.15) is 0 Å². The summed E-state index contributed by atoms with van der Waals surface area (Å²) in [6, 6.07) is 19.8. The molecule has 1 aliphatic rings. The van der Waals surface area contributed by atoms with Gasteiger partial charge in [0.2, 0.25) is 0 Å². The Morgan fingerprint density at radius 2 is 2.00 bits per heavy atom. The first-order chi connectivity index (χ1) is 12.7. The molecule has 0 unspecified atom stereocenters. The number of carboxylic acid groups (broad SMARTS) is 1. The summed E-state index contributed by atoms with van der Waals surface area (Å²) < 4.78 is 0. The Morgan fingerprint density at radius 1 is 1.12 bits per heavy atom. The maximum atomic E-state index is 11.1. The Bertz CT molecular complexity index is 938. The molecular formula is C22H22N2O2. The third-order valence-corrected chi connectivity index (χ3v) is 5.11. The number of aromatic carboxylic acids is 1. The highest BCUT2D eigenvalue weighted by molar-refractivity contribution is 5.87. The monoisotopic (exact) mass is 346 g/mol. The molecule has 1 aromatic heterocycles. The van der Waals surface area contributed by atoms with Crippen LogP contribution in [0.3, 0.4) is 0 Å². The molecule has 2 heterocycles. The lowest BCUT2D eigenvalue weighted by Crippen LogP contribution is -2.21. The normalized spacial score (nSPS) is 17.6. The van der Waals surface area contributed by atoms with Gasteiger partial charge in [-0.3, -0.25) is 9.88 Å². The number of hydrogen-bond donors (Lipinski definition) is 1. The smallest absolute Gasteiger partial charge is 0.335 e. The number of pyridine rings is 1. The van der Waals surface area contributed by atoms with Gasteiger partial charge in [0.1, 0.15) is 0 Å². The quantitative estimate of drug-likeness (QED) is 0.759. The van der Waals surface area contributed by atoms with Crippen LogP contribution in [0.25, 0.3) is 10.9 Å². The first-order valence-corrected chi connectivity index (χ1v) is 9.06. The zero-order valence-electron chi connectivity index (χ0n) is 14.6. The molecule has 2 aromatic carbocycles. The van der Waals surface area contributed by atoms with Gasteiger partial charge < -0.3 is 5.11 Å². The molecule has 4 heteroatoms. The molecule has 0 radical (unpaired) electrons. The summed E-state index contributed by atoms with van der Waals surface area (Å²) in [4.78, 5) is 18.3. The number of rotatable bonds is 5. The summed E-state index contributed by atoms with van der Waals surface area (Å²) in [5, 5.41) is 10.3. The zero-order chi connectivity index (χ0) is 17.9. The molecule has 0 spiro atoms. The molecule has 4 nitrogen and oxygen atoms in total. The molecular weight excluding hydrogens is 324 g/mol. The highest BCUT2D eigenvalue weighted by atomic mass is 16.4. The number of aromatic nitrogens is 1. The number of fused-ring (bicyclic) bond motifs is 1. The van der Waals surface area contributed by atoms with E-state index in [-0.39, 0.29) is 0 Å². The second kappa shape index (κ2) is 7.26. The van der Waals surface area contributed by atoms with Gasteiger partial charge in [-0.25, -0.2) is 4.79 Å². The number of para-hydroxylation sites is 1. The minimum absolute atomic E-state index is 0.373. The van der Waals surface area contributed by atoms with E-state index < -0.39 is 5.97 Å². The average molecular weight is 346 g/mol.